The van der Waals surface area contributed by atoms with Gasteiger partial charge in [-0.3, -0.25) is 0 Å². The molecule has 0 atom stereocenters. The molecule has 1 aromatic rings. The van der Waals surface area contributed by atoms with E-state index in [-0.39, 0.29) is 5.56 Å². The maximum Gasteiger partial charge on any atom is 0.264 e. The molecule has 0 aromatic heterocycles. The van der Waals surface area contributed by atoms with Crippen LogP contribution in [0.4, 0.5) is 8.78 Å². The number of halogens is 3. The Bertz CT molecular complexity index is 289. The van der Waals surface area contributed by atoms with E-state index in [0.717, 1.165) is 5.56 Å². The Balaban J connectivity index is 2.97. The molecule has 1 N–H and O–H groups in total. The fourth-order valence-corrected chi connectivity index (χ4v) is 1.49. The molecule has 0 radical (unpaired) electrons. The van der Waals surface area contributed by atoms with E-state index in [1.165, 1.54) is 6.07 Å². The monoisotopic (exact) mass is 249 g/mol. The van der Waals surface area contributed by atoms with Crippen LogP contribution in [-0.2, 0) is 6.54 Å². The van der Waals surface area contributed by atoms with Crippen molar-refractivity contribution in [1.29, 1.82) is 0 Å². The second-order valence-corrected chi connectivity index (χ2v) is 3.54. The van der Waals surface area contributed by atoms with Crippen molar-refractivity contribution in [2.75, 3.05) is 7.05 Å². The van der Waals surface area contributed by atoms with E-state index in [0.29, 0.717) is 11.0 Å². The van der Waals surface area contributed by atoms with Gasteiger partial charge in [0.2, 0.25) is 0 Å². The van der Waals surface area contributed by atoms with Crippen LogP contribution >= 0.6 is 15.9 Å². The molecule has 0 saturated heterocycles. The second-order valence-electron chi connectivity index (χ2n) is 2.69. The lowest BCUT2D eigenvalue weighted by Gasteiger charge is -2.06. The molecule has 1 nitrogen and oxygen atoms in total. The number of benzene rings is 1. The zero-order valence-corrected chi connectivity index (χ0v) is 8.74. The zero-order valence-electron chi connectivity index (χ0n) is 7.15. The van der Waals surface area contributed by atoms with Gasteiger partial charge in [-0.1, -0.05) is 22.0 Å². The number of hydrogen-bond donors (Lipinski definition) is 1. The first-order valence-corrected chi connectivity index (χ1v) is 4.65. The molecule has 0 bridgehead atoms. The van der Waals surface area contributed by atoms with Gasteiger partial charge in [0.15, 0.2) is 0 Å². The third-order valence-electron chi connectivity index (χ3n) is 1.68. The molecule has 13 heavy (non-hydrogen) atoms. The van der Waals surface area contributed by atoms with Crippen LogP contribution in [0.25, 0.3) is 0 Å². The van der Waals surface area contributed by atoms with Gasteiger partial charge in [-0.15, -0.1) is 0 Å². The summed E-state index contributed by atoms with van der Waals surface area (Å²) in [4.78, 5) is 0. The van der Waals surface area contributed by atoms with Crippen LogP contribution in [-0.4, -0.2) is 7.05 Å². The predicted octanol–water partition coefficient (Wildman–Crippen LogP) is 3.11. The first-order valence-electron chi connectivity index (χ1n) is 3.86. The van der Waals surface area contributed by atoms with Gasteiger partial charge in [0, 0.05) is 16.6 Å². The molecular weight excluding hydrogens is 240 g/mol. The van der Waals surface area contributed by atoms with Crippen molar-refractivity contribution in [2.24, 2.45) is 0 Å². The van der Waals surface area contributed by atoms with E-state index in [1.54, 1.807) is 13.1 Å². The smallest absolute Gasteiger partial charge is 0.264 e. The highest BCUT2D eigenvalue weighted by Gasteiger charge is 2.11. The van der Waals surface area contributed by atoms with Gasteiger partial charge < -0.3 is 5.32 Å². The molecule has 0 spiro atoms. The Kier molecular flexibility index (Phi) is 3.81. The maximum atomic E-state index is 12.4. The van der Waals surface area contributed by atoms with E-state index in [9.17, 15) is 8.78 Å². The van der Waals surface area contributed by atoms with E-state index in [4.69, 9.17) is 0 Å². The molecule has 1 rings (SSSR count). The SMILES string of the molecule is CNCc1ccc(Br)c(C(F)F)c1. The molecule has 0 unspecified atom stereocenters. The van der Waals surface area contributed by atoms with Gasteiger partial charge in [0.05, 0.1) is 0 Å². The largest absolute Gasteiger partial charge is 0.316 e. The normalized spacial score (nSPS) is 10.8. The molecule has 4 heteroatoms. The van der Waals surface area contributed by atoms with Crippen LogP contribution in [0.5, 0.6) is 0 Å². The molecule has 0 aliphatic heterocycles. The van der Waals surface area contributed by atoms with Gasteiger partial charge in [0.25, 0.3) is 6.43 Å². The van der Waals surface area contributed by atoms with Crippen molar-refractivity contribution in [3.8, 4) is 0 Å². The Hall–Kier alpha value is -0.480. The Labute approximate surface area is 84.3 Å². The maximum absolute atomic E-state index is 12.4. The van der Waals surface area contributed by atoms with E-state index < -0.39 is 6.43 Å². The Morgan fingerprint density at radius 3 is 2.69 bits per heavy atom. The quantitative estimate of drug-likeness (QED) is 0.869. The summed E-state index contributed by atoms with van der Waals surface area (Å²) in [6.07, 6.45) is -2.42. The molecule has 0 saturated carbocycles. The van der Waals surface area contributed by atoms with Gasteiger partial charge in [-0.2, -0.15) is 0 Å². The number of rotatable bonds is 3. The standard InChI is InChI=1S/C9H10BrF2N/c1-13-5-6-2-3-8(10)7(4-6)9(11)12/h2-4,9,13H,5H2,1H3. The summed E-state index contributed by atoms with van der Waals surface area (Å²) in [6.45, 7) is 0.604. The lowest BCUT2D eigenvalue weighted by Crippen LogP contribution is -2.05. The molecular formula is C9H10BrF2N. The van der Waals surface area contributed by atoms with Crippen molar-refractivity contribution in [3.63, 3.8) is 0 Å². The average molecular weight is 250 g/mol. The van der Waals surface area contributed by atoms with Gasteiger partial charge in [0.1, 0.15) is 0 Å². The van der Waals surface area contributed by atoms with Crippen LogP contribution in [0.1, 0.15) is 17.6 Å². The number of alkyl halides is 2. The van der Waals surface area contributed by atoms with E-state index >= 15 is 0 Å². The van der Waals surface area contributed by atoms with Gasteiger partial charge in [-0.05, 0) is 24.7 Å². The van der Waals surface area contributed by atoms with Crippen LogP contribution in [0.2, 0.25) is 0 Å². The Morgan fingerprint density at radius 1 is 1.46 bits per heavy atom. The summed E-state index contributed by atoms with van der Waals surface area (Å²) < 4.78 is 25.3. The van der Waals surface area contributed by atoms with Crippen molar-refractivity contribution < 1.29 is 8.78 Å². The molecule has 0 aliphatic carbocycles. The highest BCUT2D eigenvalue weighted by molar-refractivity contribution is 9.10. The highest BCUT2D eigenvalue weighted by atomic mass is 79.9. The molecule has 72 valence electrons. The number of nitrogens with one attached hydrogen (secondary N) is 1. The third kappa shape index (κ3) is 2.74. The third-order valence-corrected chi connectivity index (χ3v) is 2.40. The van der Waals surface area contributed by atoms with Crippen LogP contribution in [0, 0.1) is 0 Å². The van der Waals surface area contributed by atoms with Crippen molar-refractivity contribution in [3.05, 3.63) is 33.8 Å². The minimum atomic E-state index is -2.42. The molecule has 0 heterocycles. The summed E-state index contributed by atoms with van der Waals surface area (Å²) in [5.41, 5.74) is 0.911. The summed E-state index contributed by atoms with van der Waals surface area (Å²) in [6, 6.07) is 4.96. The molecule has 0 aliphatic rings. The molecule has 0 fully saturated rings. The van der Waals surface area contributed by atoms with Crippen LogP contribution < -0.4 is 5.32 Å². The van der Waals surface area contributed by atoms with E-state index in [1.807, 2.05) is 6.07 Å². The van der Waals surface area contributed by atoms with E-state index in [2.05, 4.69) is 21.2 Å². The van der Waals surface area contributed by atoms with Crippen LogP contribution in [0.3, 0.4) is 0 Å². The lowest BCUT2D eigenvalue weighted by molar-refractivity contribution is 0.150. The minimum absolute atomic E-state index is 0.0488. The second kappa shape index (κ2) is 4.67. The fraction of sp³-hybridized carbons (Fsp3) is 0.333. The number of hydrogen-bond acceptors (Lipinski definition) is 1. The van der Waals surface area contributed by atoms with Gasteiger partial charge >= 0.3 is 0 Å². The molecule has 0 amide bonds. The average Bonchev–Trinajstić information content (AvgIpc) is 2.08. The van der Waals surface area contributed by atoms with Gasteiger partial charge in [-0.25, -0.2) is 8.78 Å². The first-order chi connectivity index (χ1) is 6.15. The highest BCUT2D eigenvalue weighted by Crippen LogP contribution is 2.27. The first kappa shape index (κ1) is 10.6. The van der Waals surface area contributed by atoms with Crippen molar-refractivity contribution >= 4 is 15.9 Å². The van der Waals surface area contributed by atoms with Crippen molar-refractivity contribution in [1.82, 2.24) is 5.32 Å². The summed E-state index contributed by atoms with van der Waals surface area (Å²) >= 11 is 3.08. The molecule has 1 aromatic carbocycles. The Morgan fingerprint density at radius 2 is 2.15 bits per heavy atom. The topological polar surface area (TPSA) is 12.0 Å². The zero-order chi connectivity index (χ0) is 9.84. The fourth-order valence-electron chi connectivity index (χ4n) is 1.07. The summed E-state index contributed by atoms with van der Waals surface area (Å²) in [5.74, 6) is 0. The summed E-state index contributed by atoms with van der Waals surface area (Å²) in [7, 11) is 1.78. The lowest BCUT2D eigenvalue weighted by atomic mass is 10.1. The predicted molar refractivity (Wildman–Crippen MR) is 51.9 cm³/mol. The minimum Gasteiger partial charge on any atom is -0.316 e. The van der Waals surface area contributed by atoms with Crippen LogP contribution in [0.15, 0.2) is 22.7 Å². The summed E-state index contributed by atoms with van der Waals surface area (Å²) in [5, 5.41) is 2.91. The van der Waals surface area contributed by atoms with Crippen molar-refractivity contribution in [2.45, 2.75) is 13.0 Å².